The fraction of sp³-hybridized carbons (Fsp3) is 0.211. The summed E-state index contributed by atoms with van der Waals surface area (Å²) in [5.41, 5.74) is 6.73. The molecule has 1 N–H and O–H groups in total. The van der Waals surface area contributed by atoms with Gasteiger partial charge in [-0.05, 0) is 67.1 Å². The van der Waals surface area contributed by atoms with E-state index in [0.717, 1.165) is 44.2 Å². The van der Waals surface area contributed by atoms with E-state index in [9.17, 15) is 3.40 Å². The van der Waals surface area contributed by atoms with Crippen molar-refractivity contribution in [3.8, 4) is 23.0 Å². The zero-order valence-corrected chi connectivity index (χ0v) is 36.5. The summed E-state index contributed by atoms with van der Waals surface area (Å²) in [7, 11) is 0. The summed E-state index contributed by atoms with van der Waals surface area (Å²) in [6, 6.07) is 37.5. The molecule has 4 aromatic carbocycles. The van der Waals surface area contributed by atoms with Crippen molar-refractivity contribution in [2.45, 2.75) is 52.5 Å². The van der Waals surface area contributed by atoms with E-state index >= 15 is 0 Å². The van der Waals surface area contributed by atoms with E-state index in [1.54, 1.807) is 0 Å². The number of para-hydroxylation sites is 2. The minimum absolute atomic E-state index is 0. The maximum atomic E-state index is 9.91. The number of benzene rings is 4. The van der Waals surface area contributed by atoms with Gasteiger partial charge in [-0.1, -0.05) is 62.7 Å². The van der Waals surface area contributed by atoms with E-state index in [0.29, 0.717) is 11.5 Å². The maximum Gasteiger partial charge on any atom is 2.00 e. The summed E-state index contributed by atoms with van der Waals surface area (Å²) in [6.07, 6.45) is 3.75. The molecule has 0 spiro atoms. The fourth-order valence-corrected chi connectivity index (χ4v) is 5.60. The standard InChI is InChI=1S/C34H26N4O.C4H10N12.O.2Pt/c1-34(2,3)24-17-18-35-33(19-24)37-31-14-7-5-12-28(31)29-16-15-27(21-32(29)37)39-26-11-8-10-25(20-26)38-30-13-6-4-9-23(30)22-36-38;1-4(2,3)6-8-10-12-14-16-15-13-11-9-7-5;;;/h4-19,22H,1-3H3;1-3H3,(H,6,7,10,11,14,15);;;/q-2;;;;+2. The van der Waals surface area contributed by atoms with Gasteiger partial charge >= 0.3 is 104 Å². The van der Waals surface area contributed by atoms with Crippen molar-refractivity contribution >= 4 is 32.7 Å². The van der Waals surface area contributed by atoms with Crippen molar-refractivity contribution < 1.29 is 47.5 Å². The van der Waals surface area contributed by atoms with Gasteiger partial charge in [-0.3, -0.25) is 4.68 Å². The molecule has 300 valence electrons. The summed E-state index contributed by atoms with van der Waals surface area (Å²) >= 11 is -1.50. The Morgan fingerprint density at radius 2 is 1.41 bits per heavy atom. The van der Waals surface area contributed by atoms with Crippen molar-refractivity contribution in [2.75, 3.05) is 0 Å². The van der Waals surface area contributed by atoms with E-state index in [4.69, 9.17) is 9.72 Å². The predicted molar refractivity (Wildman–Crippen MR) is 206 cm³/mol. The van der Waals surface area contributed by atoms with Crippen LogP contribution in [0.4, 0.5) is 0 Å². The fourth-order valence-electron chi connectivity index (χ4n) is 5.41. The van der Waals surface area contributed by atoms with E-state index in [1.807, 2.05) is 85.8 Å². The number of hydrogen-bond donors (Lipinski definition) is 1. The number of fused-ring (bicyclic) bond motifs is 4. The second kappa shape index (κ2) is 19.8. The van der Waals surface area contributed by atoms with Crippen LogP contribution in [0, 0.1) is 12.1 Å². The van der Waals surface area contributed by atoms with Crippen LogP contribution in [0.15, 0.2) is 159 Å². The summed E-state index contributed by atoms with van der Waals surface area (Å²) in [5, 5.41) is 39.9. The van der Waals surface area contributed by atoms with Gasteiger partial charge < -0.3 is 9.30 Å². The van der Waals surface area contributed by atoms with Gasteiger partial charge in [0, 0.05) is 28.6 Å². The molecule has 58 heavy (non-hydrogen) atoms. The Bertz CT molecular complexity index is 2700. The second-order valence-electron chi connectivity index (χ2n) is 14.0. The summed E-state index contributed by atoms with van der Waals surface area (Å²) in [5.74, 6) is 2.07. The number of nitrogens with one attached hydrogen (secondary N) is 1. The van der Waals surface area contributed by atoms with Crippen LogP contribution in [0.3, 0.4) is 0 Å². The molecule has 0 atom stereocenters. The Balaban J connectivity index is 0.000000289. The minimum Gasteiger partial charge on any atom is -0.509 e. The summed E-state index contributed by atoms with van der Waals surface area (Å²) < 4.78 is 23.5. The first-order valence-electron chi connectivity index (χ1n) is 17.3. The molecule has 0 aliphatic heterocycles. The third-order valence-corrected chi connectivity index (χ3v) is 8.29. The molecule has 3 aromatic heterocycles. The first kappa shape index (κ1) is 43.0. The van der Waals surface area contributed by atoms with Gasteiger partial charge in [0.25, 0.3) is 0 Å². The van der Waals surface area contributed by atoms with Gasteiger partial charge in [-0.2, -0.15) is 17.2 Å². The molecule has 20 heteroatoms. The van der Waals surface area contributed by atoms with Crippen LogP contribution in [0.25, 0.3) is 44.2 Å². The number of aromatic nitrogens is 4. The molecule has 0 saturated heterocycles. The predicted octanol–water partition coefficient (Wildman–Crippen LogP) is 10.9. The molecule has 0 saturated carbocycles. The molecule has 0 aliphatic rings. The third kappa shape index (κ3) is 11.3. The van der Waals surface area contributed by atoms with E-state index in [1.165, 1.54) is 5.56 Å². The molecule has 0 fully saturated rings. The first-order chi connectivity index (χ1) is 27.5. The Hall–Kier alpha value is -6.12. The SMILES string of the molecule is CC(C)(C)N=NN=NN=NN=NN=NN[N]=[Pt]=[O].CC(C)(C)c1ccnc(-n2c3[c-]c(Oc4[c-]c(-n5ncc6ccccc65)ccc4)ccc3c3ccccc32)c1.[Pt+2]. The summed E-state index contributed by atoms with van der Waals surface area (Å²) in [6.45, 7) is 12.2. The van der Waals surface area contributed by atoms with E-state index in [2.05, 4.69) is 147 Å². The zero-order valence-electron chi connectivity index (χ0n) is 32.0. The summed E-state index contributed by atoms with van der Waals surface area (Å²) in [4.78, 5) is 4.76. The Morgan fingerprint density at radius 3 is 2.16 bits per heavy atom. The number of nitrogens with zero attached hydrogens (tertiary/aromatic N) is 15. The van der Waals surface area contributed by atoms with Crippen molar-refractivity contribution in [1.82, 2.24) is 24.9 Å². The maximum absolute atomic E-state index is 9.91. The molecule has 0 amide bonds. The monoisotopic (exact) mass is 1140 g/mol. The third-order valence-electron chi connectivity index (χ3n) is 7.85. The van der Waals surface area contributed by atoms with Gasteiger partial charge in [0.05, 0.1) is 17.3 Å². The van der Waals surface area contributed by atoms with Gasteiger partial charge in [0.2, 0.25) is 0 Å². The van der Waals surface area contributed by atoms with Gasteiger partial charge in [0.15, 0.2) is 0 Å². The smallest absolute Gasteiger partial charge is 0.509 e. The molecule has 3 heterocycles. The Morgan fingerprint density at radius 1 is 0.724 bits per heavy atom. The van der Waals surface area contributed by atoms with Crippen molar-refractivity contribution in [1.29, 1.82) is 0 Å². The van der Waals surface area contributed by atoms with Crippen LogP contribution in [0.5, 0.6) is 11.5 Å². The Kier molecular flexibility index (Phi) is 14.7. The molecule has 7 aromatic rings. The van der Waals surface area contributed by atoms with Crippen molar-refractivity contribution in [3.05, 3.63) is 121 Å². The van der Waals surface area contributed by atoms with Crippen LogP contribution in [0.2, 0.25) is 0 Å². The number of pyridine rings is 1. The molecule has 7 rings (SSSR count). The molecule has 0 aliphatic carbocycles. The van der Waals surface area contributed by atoms with Crippen molar-refractivity contribution in [2.24, 2.45) is 55.7 Å². The molecular formula is C38H36N16O2Pt2. The molecular weight excluding hydrogens is 1100 g/mol. The Labute approximate surface area is 355 Å². The molecule has 18 nitrogen and oxygen atoms in total. The molecule has 0 unspecified atom stereocenters. The molecule has 0 radical (unpaired) electrons. The average Bonchev–Trinajstić information content (AvgIpc) is 3.77. The van der Waals surface area contributed by atoms with Crippen LogP contribution in [-0.4, -0.2) is 24.9 Å². The van der Waals surface area contributed by atoms with E-state index in [-0.39, 0.29) is 32.0 Å². The van der Waals surface area contributed by atoms with Crippen LogP contribution < -0.4 is 10.3 Å². The van der Waals surface area contributed by atoms with Crippen molar-refractivity contribution in [3.63, 3.8) is 0 Å². The number of rotatable bonds is 10. The normalized spacial score (nSPS) is 12.4. The minimum atomic E-state index is -1.50. The van der Waals surface area contributed by atoms with Gasteiger partial charge in [0.1, 0.15) is 5.82 Å². The van der Waals surface area contributed by atoms with Gasteiger partial charge in [-0.25, -0.2) is 4.98 Å². The molecule has 0 bridgehead atoms. The quantitative estimate of drug-likeness (QED) is 0.0803. The van der Waals surface area contributed by atoms with Crippen LogP contribution in [-0.2, 0) is 48.2 Å². The number of ether oxygens (including phenoxy) is 1. The van der Waals surface area contributed by atoms with Crippen LogP contribution >= 0.6 is 0 Å². The largest absolute Gasteiger partial charge is 2.00 e. The zero-order chi connectivity index (χ0) is 40.3. The van der Waals surface area contributed by atoms with Gasteiger partial charge in [-0.15, -0.1) is 35.7 Å². The van der Waals surface area contributed by atoms with E-state index < -0.39 is 18.3 Å². The topological polar surface area (TPSA) is 210 Å². The van der Waals surface area contributed by atoms with Crippen LogP contribution in [0.1, 0.15) is 47.1 Å². The average molecular weight is 1140 g/mol. The first-order valence-corrected chi connectivity index (χ1v) is 19.2. The second-order valence-corrected chi connectivity index (χ2v) is 14.9. The number of hydrogen-bond acceptors (Lipinski definition) is 7.